The first-order chi connectivity index (χ1) is 16.3. The van der Waals surface area contributed by atoms with E-state index < -0.39 is 6.10 Å². The van der Waals surface area contributed by atoms with Crippen LogP contribution in [0.5, 0.6) is 11.5 Å². The average Bonchev–Trinajstić information content (AvgIpc) is 2.82. The van der Waals surface area contributed by atoms with Gasteiger partial charge in [-0.25, -0.2) is 4.79 Å². The van der Waals surface area contributed by atoms with Crippen LogP contribution in [0.25, 0.3) is 16.7 Å². The van der Waals surface area contributed by atoms with E-state index in [1.807, 2.05) is 43.3 Å². The van der Waals surface area contributed by atoms with Gasteiger partial charge in [-0.3, -0.25) is 0 Å². The van der Waals surface area contributed by atoms with E-state index in [9.17, 15) is 4.79 Å². The van der Waals surface area contributed by atoms with E-state index in [-0.39, 0.29) is 11.5 Å². The van der Waals surface area contributed by atoms with Crippen molar-refractivity contribution in [3.63, 3.8) is 0 Å². The predicted molar refractivity (Wildman–Crippen MR) is 135 cm³/mol. The number of ether oxygens (including phenoxy) is 3. The van der Waals surface area contributed by atoms with Gasteiger partial charge in [0.2, 0.25) is 0 Å². The highest BCUT2D eigenvalue weighted by atomic mass is 16.5. The van der Waals surface area contributed by atoms with Gasteiger partial charge in [-0.15, -0.1) is 0 Å². The van der Waals surface area contributed by atoms with E-state index in [0.29, 0.717) is 12.2 Å². The molecule has 1 N–H and O–H groups in total. The Morgan fingerprint density at radius 1 is 1.09 bits per heavy atom. The van der Waals surface area contributed by atoms with Gasteiger partial charge in [0.05, 0.1) is 30.4 Å². The number of benzene rings is 3. The minimum atomic E-state index is -0.398. The van der Waals surface area contributed by atoms with Crippen LogP contribution in [0.3, 0.4) is 0 Å². The van der Waals surface area contributed by atoms with Crippen molar-refractivity contribution in [3.8, 4) is 22.6 Å². The molecular weight excluding hydrogens is 426 g/mol. The number of fused-ring (bicyclic) bond motifs is 5. The Bertz CT molecular complexity index is 1320. The van der Waals surface area contributed by atoms with Crippen LogP contribution in [0.15, 0.2) is 60.7 Å². The standard InChI is InChI=1S/C29H29NO4/c1-6-33-28(31)19-10-7-9-18(15-19)27-26-20(25-22(32-5)11-8-12-23(25)34-27)13-14-21-24(26)17(2)16-29(3,4)30-21/h7-16,27,30H,6H2,1-5H3. The van der Waals surface area contributed by atoms with E-state index in [4.69, 9.17) is 14.2 Å². The molecule has 34 heavy (non-hydrogen) atoms. The molecule has 2 heterocycles. The lowest BCUT2D eigenvalue weighted by Gasteiger charge is -2.37. The summed E-state index contributed by atoms with van der Waals surface area (Å²) >= 11 is 0. The zero-order valence-electron chi connectivity index (χ0n) is 20.2. The molecule has 0 fully saturated rings. The fourth-order valence-corrected chi connectivity index (χ4v) is 5.14. The lowest BCUT2D eigenvalue weighted by Crippen LogP contribution is -2.32. The first-order valence-electron chi connectivity index (χ1n) is 11.6. The SMILES string of the molecule is CCOC(=O)c1cccc(C2Oc3cccc(OC)c3-c3ccc4c(c32)C(C)=CC(C)(C)N4)c1. The van der Waals surface area contributed by atoms with Crippen molar-refractivity contribution in [1.29, 1.82) is 0 Å². The zero-order chi connectivity index (χ0) is 24.0. The van der Waals surface area contributed by atoms with Gasteiger partial charge in [0.25, 0.3) is 0 Å². The molecule has 0 aromatic heterocycles. The van der Waals surface area contributed by atoms with Crippen LogP contribution in [-0.2, 0) is 4.74 Å². The van der Waals surface area contributed by atoms with Crippen molar-refractivity contribution in [2.75, 3.05) is 19.0 Å². The van der Waals surface area contributed by atoms with Crippen molar-refractivity contribution in [3.05, 3.63) is 82.9 Å². The van der Waals surface area contributed by atoms with Crippen LogP contribution in [0.2, 0.25) is 0 Å². The lowest BCUT2D eigenvalue weighted by molar-refractivity contribution is 0.0526. The fraction of sp³-hybridized carbons (Fsp3) is 0.276. The summed E-state index contributed by atoms with van der Waals surface area (Å²) in [6, 6.07) is 17.7. The molecule has 1 atom stereocenters. The molecule has 174 valence electrons. The molecule has 0 saturated heterocycles. The molecule has 0 bridgehead atoms. The van der Waals surface area contributed by atoms with Crippen LogP contribution in [0.4, 0.5) is 5.69 Å². The van der Waals surface area contributed by atoms with Gasteiger partial charge in [0.15, 0.2) is 6.10 Å². The number of methoxy groups -OCH3 is 1. The highest BCUT2D eigenvalue weighted by Crippen LogP contribution is 2.53. The molecule has 0 saturated carbocycles. The summed E-state index contributed by atoms with van der Waals surface area (Å²) in [5, 5.41) is 3.65. The fourth-order valence-electron chi connectivity index (χ4n) is 5.14. The first kappa shape index (κ1) is 22.1. The second-order valence-corrected chi connectivity index (χ2v) is 9.30. The summed E-state index contributed by atoms with van der Waals surface area (Å²) in [5.41, 5.74) is 7.70. The molecular formula is C29H29NO4. The van der Waals surface area contributed by atoms with Gasteiger partial charge in [-0.2, -0.15) is 0 Å². The molecule has 2 aliphatic heterocycles. The number of allylic oxidation sites excluding steroid dienone is 1. The summed E-state index contributed by atoms with van der Waals surface area (Å²) in [6.07, 6.45) is 1.85. The molecule has 5 rings (SSSR count). The van der Waals surface area contributed by atoms with Crippen molar-refractivity contribution in [2.24, 2.45) is 0 Å². The average molecular weight is 456 g/mol. The number of carbonyl (C=O) groups is 1. The van der Waals surface area contributed by atoms with Gasteiger partial charge in [0.1, 0.15) is 11.5 Å². The van der Waals surface area contributed by atoms with Crippen molar-refractivity contribution < 1.29 is 19.0 Å². The van der Waals surface area contributed by atoms with Gasteiger partial charge >= 0.3 is 5.97 Å². The van der Waals surface area contributed by atoms with Crippen LogP contribution < -0.4 is 14.8 Å². The van der Waals surface area contributed by atoms with Crippen LogP contribution >= 0.6 is 0 Å². The van der Waals surface area contributed by atoms with Crippen LogP contribution in [0, 0.1) is 0 Å². The molecule has 3 aromatic carbocycles. The summed E-state index contributed by atoms with van der Waals surface area (Å²) in [7, 11) is 1.68. The molecule has 1 unspecified atom stereocenters. The Kier molecular flexibility index (Phi) is 5.35. The summed E-state index contributed by atoms with van der Waals surface area (Å²) < 4.78 is 17.6. The molecule has 2 aliphatic rings. The maximum Gasteiger partial charge on any atom is 0.338 e. The lowest BCUT2D eigenvalue weighted by atomic mass is 9.80. The van der Waals surface area contributed by atoms with Crippen molar-refractivity contribution in [2.45, 2.75) is 39.3 Å². The molecule has 5 nitrogen and oxygen atoms in total. The maximum absolute atomic E-state index is 12.5. The second-order valence-electron chi connectivity index (χ2n) is 9.30. The van der Waals surface area contributed by atoms with Gasteiger partial charge in [0, 0.05) is 16.8 Å². The van der Waals surface area contributed by atoms with Crippen LogP contribution in [-0.4, -0.2) is 25.2 Å². The monoisotopic (exact) mass is 455 g/mol. The minimum Gasteiger partial charge on any atom is -0.496 e. The van der Waals surface area contributed by atoms with E-state index in [2.05, 4.69) is 44.3 Å². The highest BCUT2D eigenvalue weighted by molar-refractivity contribution is 5.92. The van der Waals surface area contributed by atoms with Crippen LogP contribution in [0.1, 0.15) is 60.8 Å². The summed E-state index contributed by atoms with van der Waals surface area (Å²) in [4.78, 5) is 12.5. The number of nitrogens with one attached hydrogen (secondary N) is 1. The Hall–Kier alpha value is -3.73. The molecule has 5 heteroatoms. The topological polar surface area (TPSA) is 56.8 Å². The normalized spacial score (nSPS) is 17.2. The van der Waals surface area contributed by atoms with E-state index >= 15 is 0 Å². The van der Waals surface area contributed by atoms with E-state index in [1.165, 1.54) is 5.57 Å². The molecule has 0 aliphatic carbocycles. The number of esters is 1. The highest BCUT2D eigenvalue weighted by Gasteiger charge is 2.35. The Morgan fingerprint density at radius 3 is 2.65 bits per heavy atom. The molecule has 0 spiro atoms. The third-order valence-corrected chi connectivity index (χ3v) is 6.36. The first-order valence-corrected chi connectivity index (χ1v) is 11.6. The molecule has 0 amide bonds. The van der Waals surface area contributed by atoms with E-state index in [1.54, 1.807) is 13.2 Å². The van der Waals surface area contributed by atoms with E-state index in [0.717, 1.165) is 45.0 Å². The Balaban J connectivity index is 1.76. The zero-order valence-corrected chi connectivity index (χ0v) is 20.2. The number of rotatable bonds is 4. The smallest absolute Gasteiger partial charge is 0.338 e. The minimum absolute atomic E-state index is 0.157. The number of hydrogen-bond acceptors (Lipinski definition) is 5. The van der Waals surface area contributed by atoms with Gasteiger partial charge < -0.3 is 19.5 Å². The summed E-state index contributed by atoms with van der Waals surface area (Å²) in [6.45, 7) is 8.61. The Morgan fingerprint density at radius 2 is 1.88 bits per heavy atom. The molecule has 0 radical (unpaired) electrons. The Labute approximate surface area is 200 Å². The van der Waals surface area contributed by atoms with Gasteiger partial charge in [-0.1, -0.05) is 30.3 Å². The number of hydrogen-bond donors (Lipinski definition) is 1. The maximum atomic E-state index is 12.5. The quantitative estimate of drug-likeness (QED) is 0.448. The number of anilines is 1. The van der Waals surface area contributed by atoms with Gasteiger partial charge in [-0.05, 0) is 74.7 Å². The largest absolute Gasteiger partial charge is 0.496 e. The third-order valence-electron chi connectivity index (χ3n) is 6.36. The van der Waals surface area contributed by atoms with Crippen molar-refractivity contribution in [1.82, 2.24) is 0 Å². The number of carbonyl (C=O) groups excluding carboxylic acids is 1. The van der Waals surface area contributed by atoms with Crippen molar-refractivity contribution >= 4 is 17.2 Å². The molecule has 3 aromatic rings. The summed E-state index contributed by atoms with van der Waals surface area (Å²) in [5.74, 6) is 1.18. The second kappa shape index (κ2) is 8.24. The third kappa shape index (κ3) is 3.61. The predicted octanol–water partition coefficient (Wildman–Crippen LogP) is 6.63.